The number of ether oxygens (including phenoxy) is 1. The third-order valence-electron chi connectivity index (χ3n) is 1.80. The number of carbonyl (C=O) groups is 1. The van der Waals surface area contributed by atoms with Crippen molar-refractivity contribution < 1.29 is 9.53 Å². The van der Waals surface area contributed by atoms with Gasteiger partial charge in [0, 0.05) is 6.54 Å². The molecule has 2 rings (SSSR count). The molecule has 3 heteroatoms. The van der Waals surface area contributed by atoms with E-state index >= 15 is 0 Å². The van der Waals surface area contributed by atoms with Crippen LogP contribution < -0.4 is 5.32 Å². The summed E-state index contributed by atoms with van der Waals surface area (Å²) in [6.45, 7) is 0.909. The lowest BCUT2D eigenvalue weighted by molar-refractivity contribution is 0.138. The van der Waals surface area contributed by atoms with Crippen LogP contribution in [0, 0.1) is 0 Å². The molecule has 0 aliphatic carbocycles. The molecule has 1 aliphatic heterocycles. The van der Waals surface area contributed by atoms with E-state index in [4.69, 9.17) is 4.74 Å². The minimum absolute atomic E-state index is 0.346. The van der Waals surface area contributed by atoms with Crippen LogP contribution in [-0.4, -0.2) is 6.09 Å². The minimum Gasteiger partial charge on any atom is -0.445 e. The summed E-state index contributed by atoms with van der Waals surface area (Å²) in [6.07, 6.45) is -0.346. The van der Waals surface area contributed by atoms with E-state index in [0.29, 0.717) is 13.2 Å². The highest BCUT2D eigenvalue weighted by atomic mass is 16.5. The molecular weight excluding hydrogens is 154 g/mol. The molecule has 0 aromatic heterocycles. The second-order valence-corrected chi connectivity index (χ2v) is 2.75. The summed E-state index contributed by atoms with van der Waals surface area (Å²) in [5.41, 5.74) is 2.16. The predicted molar refractivity (Wildman–Crippen MR) is 43.5 cm³/mol. The van der Waals surface area contributed by atoms with Gasteiger partial charge in [-0.15, -0.1) is 0 Å². The Morgan fingerprint density at radius 2 is 2.17 bits per heavy atom. The van der Waals surface area contributed by atoms with Crippen molar-refractivity contribution in [3.8, 4) is 0 Å². The fourth-order valence-corrected chi connectivity index (χ4v) is 1.20. The molecule has 1 aromatic rings. The Balaban J connectivity index is 2.30. The summed E-state index contributed by atoms with van der Waals surface area (Å²) in [6, 6.07) is 7.92. The Morgan fingerprint density at radius 1 is 1.33 bits per heavy atom. The van der Waals surface area contributed by atoms with E-state index in [2.05, 4.69) is 5.32 Å². The molecule has 0 radical (unpaired) electrons. The van der Waals surface area contributed by atoms with Crippen LogP contribution in [0.2, 0.25) is 0 Å². The predicted octanol–water partition coefficient (Wildman–Crippen LogP) is 1.43. The molecule has 1 aliphatic rings. The summed E-state index contributed by atoms with van der Waals surface area (Å²) in [7, 11) is 0. The number of amides is 1. The number of alkyl carbamates (subject to hydrolysis) is 1. The topological polar surface area (TPSA) is 38.3 Å². The zero-order valence-corrected chi connectivity index (χ0v) is 6.54. The summed E-state index contributed by atoms with van der Waals surface area (Å²) < 4.78 is 4.87. The van der Waals surface area contributed by atoms with Crippen LogP contribution in [0.3, 0.4) is 0 Å². The number of fused-ring (bicyclic) bond motifs is 2. The van der Waals surface area contributed by atoms with Crippen molar-refractivity contribution >= 4 is 6.09 Å². The van der Waals surface area contributed by atoms with Gasteiger partial charge in [0.1, 0.15) is 6.61 Å². The van der Waals surface area contributed by atoms with Crippen LogP contribution in [-0.2, 0) is 17.9 Å². The van der Waals surface area contributed by atoms with Crippen molar-refractivity contribution in [3.05, 3.63) is 35.4 Å². The van der Waals surface area contributed by atoms with Crippen molar-refractivity contribution in [2.45, 2.75) is 13.2 Å². The normalized spacial score (nSPS) is 15.5. The van der Waals surface area contributed by atoms with Crippen LogP contribution >= 0.6 is 0 Å². The average Bonchev–Trinajstić information content (AvgIpc) is 2.11. The van der Waals surface area contributed by atoms with E-state index < -0.39 is 0 Å². The van der Waals surface area contributed by atoms with Crippen LogP contribution in [0.15, 0.2) is 24.3 Å². The van der Waals surface area contributed by atoms with Crippen molar-refractivity contribution in [1.82, 2.24) is 5.32 Å². The van der Waals surface area contributed by atoms with Gasteiger partial charge in [0.2, 0.25) is 0 Å². The van der Waals surface area contributed by atoms with Gasteiger partial charge in [0.15, 0.2) is 0 Å². The number of benzene rings is 1. The molecule has 0 fully saturated rings. The third kappa shape index (κ3) is 1.39. The number of cyclic esters (lactones) is 1. The molecular formula is C9H9NO2. The van der Waals surface area contributed by atoms with E-state index in [1.54, 1.807) is 0 Å². The Labute approximate surface area is 70.3 Å². The average molecular weight is 163 g/mol. The summed E-state index contributed by atoms with van der Waals surface area (Å²) >= 11 is 0. The van der Waals surface area contributed by atoms with Crippen molar-refractivity contribution in [1.29, 1.82) is 0 Å². The van der Waals surface area contributed by atoms with Crippen molar-refractivity contribution in [3.63, 3.8) is 0 Å². The van der Waals surface area contributed by atoms with E-state index in [1.165, 1.54) is 0 Å². The highest BCUT2D eigenvalue weighted by molar-refractivity contribution is 5.67. The molecule has 2 bridgehead atoms. The lowest BCUT2D eigenvalue weighted by atomic mass is 10.1. The highest BCUT2D eigenvalue weighted by Crippen LogP contribution is 2.08. The molecule has 12 heavy (non-hydrogen) atoms. The zero-order valence-electron chi connectivity index (χ0n) is 6.54. The standard InChI is InChI=1S/C9H9NO2/c11-9-10-5-7-2-1-3-8(4-7)6-12-9/h1-4H,5-6H2,(H,10,11). The lowest BCUT2D eigenvalue weighted by Crippen LogP contribution is -2.25. The summed E-state index contributed by atoms with van der Waals surface area (Å²) in [5.74, 6) is 0. The van der Waals surface area contributed by atoms with E-state index in [1.807, 2.05) is 24.3 Å². The van der Waals surface area contributed by atoms with Crippen LogP contribution in [0.5, 0.6) is 0 Å². The van der Waals surface area contributed by atoms with Gasteiger partial charge in [-0.1, -0.05) is 24.3 Å². The largest absolute Gasteiger partial charge is 0.445 e. The maximum absolute atomic E-state index is 10.9. The Bertz CT molecular complexity index is 284. The van der Waals surface area contributed by atoms with Gasteiger partial charge in [0.25, 0.3) is 0 Å². The molecule has 0 unspecified atom stereocenters. The first-order valence-electron chi connectivity index (χ1n) is 3.83. The van der Waals surface area contributed by atoms with Crippen LogP contribution in [0.25, 0.3) is 0 Å². The lowest BCUT2D eigenvalue weighted by Gasteiger charge is -2.12. The van der Waals surface area contributed by atoms with Crippen molar-refractivity contribution in [2.24, 2.45) is 0 Å². The van der Waals surface area contributed by atoms with E-state index in [9.17, 15) is 4.79 Å². The molecule has 0 atom stereocenters. The van der Waals surface area contributed by atoms with E-state index in [-0.39, 0.29) is 6.09 Å². The first-order valence-corrected chi connectivity index (χ1v) is 3.83. The molecule has 3 nitrogen and oxygen atoms in total. The number of rotatable bonds is 0. The SMILES string of the molecule is O=C1NCc2cccc(c2)CO1. The Hall–Kier alpha value is -1.51. The fourth-order valence-electron chi connectivity index (χ4n) is 1.20. The van der Waals surface area contributed by atoms with Crippen molar-refractivity contribution in [2.75, 3.05) is 0 Å². The van der Waals surface area contributed by atoms with Crippen LogP contribution in [0.4, 0.5) is 4.79 Å². The van der Waals surface area contributed by atoms with Gasteiger partial charge in [0.05, 0.1) is 0 Å². The van der Waals surface area contributed by atoms with Gasteiger partial charge in [-0.3, -0.25) is 0 Å². The number of nitrogens with one attached hydrogen (secondary N) is 1. The highest BCUT2D eigenvalue weighted by Gasteiger charge is 2.06. The van der Waals surface area contributed by atoms with Gasteiger partial charge in [-0.2, -0.15) is 0 Å². The quantitative estimate of drug-likeness (QED) is 0.628. The minimum atomic E-state index is -0.346. The van der Waals surface area contributed by atoms with Gasteiger partial charge >= 0.3 is 6.09 Å². The van der Waals surface area contributed by atoms with Gasteiger partial charge in [-0.05, 0) is 11.1 Å². The molecule has 1 heterocycles. The molecule has 62 valence electrons. The van der Waals surface area contributed by atoms with Crippen LogP contribution in [0.1, 0.15) is 11.1 Å². The smallest absolute Gasteiger partial charge is 0.407 e. The van der Waals surface area contributed by atoms with Gasteiger partial charge in [-0.25, -0.2) is 4.79 Å². The number of hydrogen-bond donors (Lipinski definition) is 1. The number of carbonyl (C=O) groups excluding carboxylic acids is 1. The Morgan fingerprint density at radius 3 is 3.08 bits per heavy atom. The molecule has 0 saturated heterocycles. The monoisotopic (exact) mass is 163 g/mol. The second kappa shape index (κ2) is 2.85. The summed E-state index contributed by atoms with van der Waals surface area (Å²) in [5, 5.41) is 2.63. The van der Waals surface area contributed by atoms with E-state index in [0.717, 1.165) is 11.1 Å². The first-order chi connectivity index (χ1) is 5.84. The second-order valence-electron chi connectivity index (χ2n) is 2.75. The molecule has 1 aromatic carbocycles. The fraction of sp³-hybridized carbons (Fsp3) is 0.222. The maximum Gasteiger partial charge on any atom is 0.407 e. The first kappa shape index (κ1) is 7.16. The molecule has 0 spiro atoms. The molecule has 1 amide bonds. The molecule has 0 saturated carbocycles. The maximum atomic E-state index is 10.9. The zero-order chi connectivity index (χ0) is 8.39. The third-order valence-corrected chi connectivity index (χ3v) is 1.80. The number of hydrogen-bond acceptors (Lipinski definition) is 2. The van der Waals surface area contributed by atoms with Gasteiger partial charge < -0.3 is 10.1 Å². The Kier molecular flexibility index (Phi) is 1.70. The summed E-state index contributed by atoms with van der Waals surface area (Å²) in [4.78, 5) is 10.9. The molecule has 1 N–H and O–H groups in total.